The van der Waals surface area contributed by atoms with Crippen LogP contribution in [0.3, 0.4) is 0 Å². The fraction of sp³-hybridized carbons (Fsp3) is 0.323. The molecule has 1 fully saturated rings. The number of fused-ring (bicyclic) bond motifs is 1. The first-order valence-corrected chi connectivity index (χ1v) is 13.2. The van der Waals surface area contributed by atoms with Crippen molar-refractivity contribution in [1.29, 1.82) is 0 Å². The van der Waals surface area contributed by atoms with Crippen molar-refractivity contribution < 1.29 is 14.3 Å². The van der Waals surface area contributed by atoms with Gasteiger partial charge in [0.25, 0.3) is 0 Å². The monoisotopic (exact) mass is 525 g/mol. The normalized spacial score (nSPS) is 14.3. The van der Waals surface area contributed by atoms with Gasteiger partial charge in [0.05, 0.1) is 31.7 Å². The first kappa shape index (κ1) is 26.6. The number of rotatable bonds is 6. The smallest absolute Gasteiger partial charge is 0.323 e. The molecule has 0 atom stereocenters. The van der Waals surface area contributed by atoms with Crippen LogP contribution in [-0.2, 0) is 16.7 Å². The Kier molecular flexibility index (Phi) is 7.77. The van der Waals surface area contributed by atoms with Crippen molar-refractivity contribution in [3.05, 3.63) is 78.2 Å². The molecule has 3 heterocycles. The van der Waals surface area contributed by atoms with Crippen LogP contribution in [-0.4, -0.2) is 54.3 Å². The molecule has 0 radical (unpaired) electrons. The molecule has 1 saturated heterocycles. The molecule has 8 nitrogen and oxygen atoms in total. The van der Waals surface area contributed by atoms with E-state index in [1.54, 1.807) is 13.3 Å². The van der Waals surface area contributed by atoms with Crippen LogP contribution >= 0.6 is 0 Å². The molecule has 2 aromatic carbocycles. The predicted octanol–water partition coefficient (Wildman–Crippen LogP) is 6.08. The van der Waals surface area contributed by atoms with Gasteiger partial charge in [-0.15, -0.1) is 0 Å². The fourth-order valence-electron chi connectivity index (χ4n) is 4.72. The van der Waals surface area contributed by atoms with Crippen LogP contribution in [0.5, 0.6) is 5.88 Å². The minimum absolute atomic E-state index is 0.117. The van der Waals surface area contributed by atoms with E-state index >= 15 is 0 Å². The third-order valence-electron chi connectivity index (χ3n) is 6.96. The van der Waals surface area contributed by atoms with Crippen LogP contribution in [0, 0.1) is 0 Å². The topological polar surface area (TPSA) is 88.6 Å². The number of pyridine rings is 2. The van der Waals surface area contributed by atoms with Crippen molar-refractivity contribution in [2.24, 2.45) is 0 Å². The molecule has 2 N–H and O–H groups in total. The number of morpholine rings is 1. The summed E-state index contributed by atoms with van der Waals surface area (Å²) in [5.41, 5.74) is 5.24. The zero-order valence-corrected chi connectivity index (χ0v) is 23.0. The highest BCUT2D eigenvalue weighted by atomic mass is 16.5. The number of aromatic nitrogens is 2. The van der Waals surface area contributed by atoms with Gasteiger partial charge in [0.2, 0.25) is 5.88 Å². The summed E-state index contributed by atoms with van der Waals surface area (Å²) in [6, 6.07) is 17.8. The second-order valence-electron chi connectivity index (χ2n) is 10.7. The number of hydrogen-bond acceptors (Lipinski definition) is 6. The molecule has 0 saturated carbocycles. The average Bonchev–Trinajstić information content (AvgIpc) is 2.94. The Morgan fingerprint density at radius 2 is 1.69 bits per heavy atom. The van der Waals surface area contributed by atoms with Crippen LogP contribution in [0.2, 0.25) is 0 Å². The molecule has 0 unspecified atom stereocenters. The number of hydrogen-bond donors (Lipinski definition) is 2. The van der Waals surface area contributed by atoms with Gasteiger partial charge < -0.3 is 20.1 Å². The zero-order valence-electron chi connectivity index (χ0n) is 23.0. The maximum atomic E-state index is 13.1. The van der Waals surface area contributed by atoms with E-state index in [4.69, 9.17) is 14.5 Å². The minimum atomic E-state index is -0.367. The van der Waals surface area contributed by atoms with Gasteiger partial charge in [-0.3, -0.25) is 9.88 Å². The van der Waals surface area contributed by atoms with Crippen molar-refractivity contribution in [2.75, 3.05) is 44.0 Å². The van der Waals surface area contributed by atoms with Crippen LogP contribution < -0.4 is 15.4 Å². The molecule has 0 bridgehead atoms. The first-order chi connectivity index (χ1) is 18.8. The highest BCUT2D eigenvalue weighted by molar-refractivity contribution is 6.10. The standard InChI is InChI=1S/C31H35N5O3/c1-31(2,3)22-17-28(29(38-4)33-19-22)35-30(37)34-27-12-11-24(25-7-5-6-8-26(25)27)21-9-10-23(32-18-21)20-36-13-15-39-16-14-36/h5-12,17-19H,13-16,20H2,1-4H3,(H2,34,35,37). The van der Waals surface area contributed by atoms with E-state index in [9.17, 15) is 4.79 Å². The molecule has 1 aliphatic rings. The number of benzene rings is 2. The lowest BCUT2D eigenvalue weighted by molar-refractivity contribution is 0.0336. The first-order valence-electron chi connectivity index (χ1n) is 13.2. The van der Waals surface area contributed by atoms with Crippen molar-refractivity contribution in [3.8, 4) is 17.0 Å². The van der Waals surface area contributed by atoms with Gasteiger partial charge in [0.15, 0.2) is 0 Å². The second kappa shape index (κ2) is 11.4. The summed E-state index contributed by atoms with van der Waals surface area (Å²) in [7, 11) is 1.54. The summed E-state index contributed by atoms with van der Waals surface area (Å²) in [4.78, 5) is 24.6. The van der Waals surface area contributed by atoms with Crippen molar-refractivity contribution in [1.82, 2.24) is 14.9 Å². The number of urea groups is 1. The quantitative estimate of drug-likeness (QED) is 0.317. The third-order valence-corrected chi connectivity index (χ3v) is 6.96. The Morgan fingerprint density at radius 3 is 2.38 bits per heavy atom. The van der Waals surface area contributed by atoms with Crippen LogP contribution in [0.1, 0.15) is 32.0 Å². The zero-order chi connectivity index (χ0) is 27.4. The van der Waals surface area contributed by atoms with Gasteiger partial charge >= 0.3 is 6.03 Å². The number of nitrogens with one attached hydrogen (secondary N) is 2. The molecule has 4 aromatic rings. The van der Waals surface area contributed by atoms with Crippen molar-refractivity contribution in [2.45, 2.75) is 32.7 Å². The van der Waals surface area contributed by atoms with Gasteiger partial charge in [0.1, 0.15) is 5.69 Å². The lowest BCUT2D eigenvalue weighted by Crippen LogP contribution is -2.35. The number of carbonyl (C=O) groups excluding carboxylic acids is 1. The molecule has 5 rings (SSSR count). The maximum Gasteiger partial charge on any atom is 0.323 e. The largest absolute Gasteiger partial charge is 0.480 e. The molecular weight excluding hydrogens is 490 g/mol. The Bertz CT molecular complexity index is 1460. The third kappa shape index (κ3) is 6.19. The van der Waals surface area contributed by atoms with E-state index in [0.717, 1.165) is 66.0 Å². The minimum Gasteiger partial charge on any atom is -0.480 e. The molecule has 2 aromatic heterocycles. The van der Waals surface area contributed by atoms with E-state index in [-0.39, 0.29) is 11.4 Å². The molecule has 202 valence electrons. The Morgan fingerprint density at radius 1 is 0.949 bits per heavy atom. The lowest BCUT2D eigenvalue weighted by atomic mass is 9.88. The SMILES string of the molecule is COc1ncc(C(C)(C)C)cc1NC(=O)Nc1ccc(-c2ccc(CN3CCOCC3)nc2)c2ccccc12. The Labute approximate surface area is 229 Å². The van der Waals surface area contributed by atoms with Gasteiger partial charge in [-0.25, -0.2) is 9.78 Å². The highest BCUT2D eigenvalue weighted by Crippen LogP contribution is 2.34. The van der Waals surface area contributed by atoms with Gasteiger partial charge in [-0.1, -0.05) is 57.2 Å². The molecule has 39 heavy (non-hydrogen) atoms. The van der Waals surface area contributed by atoms with Crippen LogP contribution in [0.25, 0.3) is 21.9 Å². The number of anilines is 2. The Balaban J connectivity index is 1.36. The molecule has 8 heteroatoms. The van der Waals surface area contributed by atoms with E-state index in [0.29, 0.717) is 17.3 Å². The fourth-order valence-corrected chi connectivity index (χ4v) is 4.72. The number of methoxy groups -OCH3 is 1. The van der Waals surface area contributed by atoms with Gasteiger partial charge in [0, 0.05) is 43.0 Å². The van der Waals surface area contributed by atoms with E-state index in [1.165, 1.54) is 0 Å². The molecule has 1 aliphatic heterocycles. The Hall–Kier alpha value is -4.01. The van der Waals surface area contributed by atoms with Crippen molar-refractivity contribution in [3.63, 3.8) is 0 Å². The summed E-state index contributed by atoms with van der Waals surface area (Å²) in [5.74, 6) is 0.364. The molecular formula is C31H35N5O3. The summed E-state index contributed by atoms with van der Waals surface area (Å²) in [5, 5.41) is 7.90. The number of amides is 2. The number of carbonyl (C=O) groups is 1. The molecule has 0 spiro atoms. The number of ether oxygens (including phenoxy) is 2. The van der Waals surface area contributed by atoms with Crippen molar-refractivity contribution >= 4 is 28.2 Å². The van der Waals surface area contributed by atoms with E-state index in [2.05, 4.69) is 59.5 Å². The summed E-state index contributed by atoms with van der Waals surface area (Å²) >= 11 is 0. The van der Waals surface area contributed by atoms with E-state index in [1.807, 2.05) is 42.6 Å². The van der Waals surface area contributed by atoms with Gasteiger partial charge in [-0.05, 0) is 40.1 Å². The summed E-state index contributed by atoms with van der Waals surface area (Å²) < 4.78 is 10.8. The lowest BCUT2D eigenvalue weighted by Gasteiger charge is -2.26. The average molecular weight is 526 g/mol. The van der Waals surface area contributed by atoms with E-state index < -0.39 is 0 Å². The summed E-state index contributed by atoms with van der Waals surface area (Å²) in [6.07, 6.45) is 3.71. The predicted molar refractivity (Wildman–Crippen MR) is 155 cm³/mol. The molecule has 0 aliphatic carbocycles. The summed E-state index contributed by atoms with van der Waals surface area (Å²) in [6.45, 7) is 10.5. The molecule has 2 amide bonds. The maximum absolute atomic E-state index is 13.1. The number of nitrogens with zero attached hydrogens (tertiary/aromatic N) is 3. The van der Waals surface area contributed by atoms with Gasteiger partial charge in [-0.2, -0.15) is 0 Å². The highest BCUT2D eigenvalue weighted by Gasteiger charge is 2.19. The van der Waals surface area contributed by atoms with Crippen LogP contribution in [0.4, 0.5) is 16.2 Å². The second-order valence-corrected chi connectivity index (χ2v) is 10.7. The van der Waals surface area contributed by atoms with Crippen LogP contribution in [0.15, 0.2) is 67.0 Å².